The van der Waals surface area contributed by atoms with Crippen molar-refractivity contribution in [1.82, 2.24) is 10.2 Å². The van der Waals surface area contributed by atoms with E-state index in [1.54, 1.807) is 17.5 Å². The second-order valence-electron chi connectivity index (χ2n) is 6.06. The molecule has 1 aromatic carbocycles. The third-order valence-corrected chi connectivity index (χ3v) is 6.71. The van der Waals surface area contributed by atoms with Crippen molar-refractivity contribution < 1.29 is 23.1 Å². The van der Waals surface area contributed by atoms with Crippen LogP contribution in [0, 0.1) is 5.82 Å². The van der Waals surface area contributed by atoms with Crippen molar-refractivity contribution >= 4 is 51.4 Å². The number of hydrogen-bond acceptors (Lipinski definition) is 10. The maximum Gasteiger partial charge on any atom is 0.343 e. The Morgan fingerprint density at radius 2 is 2.00 bits per heavy atom. The lowest BCUT2D eigenvalue weighted by Crippen LogP contribution is -2.14. The Morgan fingerprint density at radius 3 is 2.72 bits per heavy atom. The number of rotatable bonds is 7. The van der Waals surface area contributed by atoms with Crippen LogP contribution in [0.1, 0.15) is 25.8 Å². The van der Waals surface area contributed by atoms with E-state index in [4.69, 9.17) is 9.15 Å². The molecule has 4 aromatic rings. The zero-order valence-corrected chi connectivity index (χ0v) is 18.4. The number of ether oxygens (including phenoxy) is 1. The summed E-state index contributed by atoms with van der Waals surface area (Å²) in [7, 11) is 0. The summed E-state index contributed by atoms with van der Waals surface area (Å²) in [5, 5.41) is 12.7. The molecule has 0 aliphatic rings. The fourth-order valence-corrected chi connectivity index (χ4v) is 4.61. The largest absolute Gasteiger partial charge is 0.464 e. The number of carbonyl (C=O) groups is 2. The lowest BCUT2D eigenvalue weighted by molar-refractivity contribution is 0.0728. The first-order valence-electron chi connectivity index (χ1n) is 8.88. The second-order valence-corrected chi connectivity index (χ2v) is 9.21. The molecule has 162 valence electrons. The van der Waals surface area contributed by atoms with Gasteiger partial charge in [0, 0.05) is 6.07 Å². The molecule has 12 heteroatoms. The van der Waals surface area contributed by atoms with Crippen molar-refractivity contribution in [3.63, 3.8) is 0 Å². The maximum atomic E-state index is 13.0. The highest BCUT2D eigenvalue weighted by molar-refractivity contribution is 8.00. The number of carbonyl (C=O) groups excluding carboxylic acids is 2. The predicted molar refractivity (Wildman–Crippen MR) is 118 cm³/mol. The van der Waals surface area contributed by atoms with E-state index in [1.165, 1.54) is 52.6 Å². The van der Waals surface area contributed by atoms with E-state index in [1.807, 2.05) is 0 Å². The summed E-state index contributed by atoms with van der Waals surface area (Å²) in [5.74, 6) is -1.22. The Labute approximate surface area is 192 Å². The van der Waals surface area contributed by atoms with Crippen LogP contribution in [-0.2, 0) is 5.75 Å². The van der Waals surface area contributed by atoms with E-state index < -0.39 is 17.2 Å². The Balaban J connectivity index is 1.33. The zero-order chi connectivity index (χ0) is 22.5. The highest BCUT2D eigenvalue weighted by atomic mass is 32.2. The number of benzene rings is 1. The molecule has 0 radical (unpaired) electrons. The van der Waals surface area contributed by atoms with Crippen LogP contribution in [0.3, 0.4) is 0 Å². The molecule has 1 amide bonds. The van der Waals surface area contributed by atoms with E-state index >= 15 is 0 Å². The molecule has 3 heterocycles. The number of thiophene rings is 1. The zero-order valence-electron chi connectivity index (χ0n) is 15.9. The van der Waals surface area contributed by atoms with Crippen LogP contribution in [0.5, 0.6) is 5.75 Å². The van der Waals surface area contributed by atoms with Crippen LogP contribution in [0.25, 0.3) is 0 Å². The standard InChI is InChI=1S/C20H12FN3O5S3/c21-12-5-3-11(4-6-12)18(27)29-15-9-28-13(8-14(15)25)10-31-20-24-23-19(32-20)22-17(26)16-2-1-7-30-16/h1-9H,10H2,(H,22,23,26). The Hall–Kier alpha value is -3.35. The van der Waals surface area contributed by atoms with Crippen LogP contribution < -0.4 is 15.5 Å². The van der Waals surface area contributed by atoms with Crippen LogP contribution in [0.2, 0.25) is 0 Å². The van der Waals surface area contributed by atoms with Gasteiger partial charge in [0.05, 0.1) is 16.2 Å². The second kappa shape index (κ2) is 9.85. The van der Waals surface area contributed by atoms with Crippen molar-refractivity contribution in [3.8, 4) is 5.75 Å². The highest BCUT2D eigenvalue weighted by Gasteiger charge is 2.14. The van der Waals surface area contributed by atoms with Gasteiger partial charge < -0.3 is 9.15 Å². The molecule has 0 aliphatic heterocycles. The third kappa shape index (κ3) is 5.46. The quantitative estimate of drug-likeness (QED) is 0.230. The first-order chi connectivity index (χ1) is 15.5. The molecule has 8 nitrogen and oxygen atoms in total. The molecule has 3 aromatic heterocycles. The van der Waals surface area contributed by atoms with Crippen molar-refractivity contribution in [2.45, 2.75) is 10.1 Å². The van der Waals surface area contributed by atoms with Gasteiger partial charge in [-0.2, -0.15) is 0 Å². The van der Waals surface area contributed by atoms with Gasteiger partial charge in [-0.1, -0.05) is 29.2 Å². The van der Waals surface area contributed by atoms with E-state index in [9.17, 15) is 18.8 Å². The molecule has 0 bridgehead atoms. The van der Waals surface area contributed by atoms with Crippen molar-refractivity contribution in [1.29, 1.82) is 0 Å². The monoisotopic (exact) mass is 489 g/mol. The molecule has 0 saturated heterocycles. The molecule has 0 fully saturated rings. The van der Waals surface area contributed by atoms with Gasteiger partial charge in [0.1, 0.15) is 17.8 Å². The number of esters is 1. The Bertz CT molecular complexity index is 1300. The summed E-state index contributed by atoms with van der Waals surface area (Å²) in [6.45, 7) is 0. The van der Waals surface area contributed by atoms with Gasteiger partial charge in [-0.05, 0) is 35.7 Å². The van der Waals surface area contributed by atoms with Gasteiger partial charge in [-0.25, -0.2) is 9.18 Å². The van der Waals surface area contributed by atoms with Gasteiger partial charge in [-0.15, -0.1) is 21.5 Å². The summed E-state index contributed by atoms with van der Waals surface area (Å²) in [5.41, 5.74) is -0.438. The summed E-state index contributed by atoms with van der Waals surface area (Å²) in [6.07, 6.45) is 1.05. The summed E-state index contributed by atoms with van der Waals surface area (Å²) >= 11 is 3.78. The van der Waals surface area contributed by atoms with Gasteiger partial charge >= 0.3 is 5.97 Å². The fraction of sp³-hybridized carbons (Fsp3) is 0.0500. The number of halogens is 1. The summed E-state index contributed by atoms with van der Waals surface area (Å²) < 4.78 is 23.9. The lowest BCUT2D eigenvalue weighted by Gasteiger charge is -2.04. The number of amides is 1. The summed E-state index contributed by atoms with van der Waals surface area (Å²) in [6, 6.07) is 9.44. The smallest absolute Gasteiger partial charge is 0.343 e. The highest BCUT2D eigenvalue weighted by Crippen LogP contribution is 2.28. The van der Waals surface area contributed by atoms with Crippen LogP contribution in [0.4, 0.5) is 9.52 Å². The van der Waals surface area contributed by atoms with E-state index in [0.29, 0.717) is 20.1 Å². The number of nitrogens with one attached hydrogen (secondary N) is 1. The molecule has 0 spiro atoms. The summed E-state index contributed by atoms with van der Waals surface area (Å²) in [4.78, 5) is 36.9. The average Bonchev–Trinajstić information content (AvgIpc) is 3.47. The SMILES string of the molecule is O=C(Oc1coc(CSc2nnc(NC(=O)c3cccs3)s2)cc1=O)c1ccc(F)cc1. The number of hydrogen-bond donors (Lipinski definition) is 1. The van der Waals surface area contributed by atoms with E-state index in [-0.39, 0.29) is 23.0 Å². The van der Waals surface area contributed by atoms with Crippen LogP contribution in [-0.4, -0.2) is 22.1 Å². The normalized spacial score (nSPS) is 10.7. The van der Waals surface area contributed by atoms with Crippen LogP contribution in [0.15, 0.2) is 67.7 Å². The number of anilines is 1. The number of thioether (sulfide) groups is 1. The van der Waals surface area contributed by atoms with Crippen molar-refractivity contribution in [2.24, 2.45) is 0 Å². The molecular weight excluding hydrogens is 477 g/mol. The third-order valence-electron chi connectivity index (χ3n) is 3.84. The maximum absolute atomic E-state index is 13.0. The molecule has 0 saturated carbocycles. The topological polar surface area (TPSA) is 111 Å². The van der Waals surface area contributed by atoms with Gasteiger partial charge in [0.25, 0.3) is 5.91 Å². The van der Waals surface area contributed by atoms with E-state index in [0.717, 1.165) is 18.4 Å². The minimum Gasteiger partial charge on any atom is -0.464 e. The fourth-order valence-electron chi connectivity index (χ4n) is 2.35. The van der Waals surface area contributed by atoms with Crippen LogP contribution >= 0.6 is 34.4 Å². The van der Waals surface area contributed by atoms with Crippen molar-refractivity contribution in [2.75, 3.05) is 5.32 Å². The van der Waals surface area contributed by atoms with Gasteiger partial charge in [0.15, 0.2) is 4.34 Å². The molecule has 4 rings (SSSR count). The number of aromatic nitrogens is 2. The lowest BCUT2D eigenvalue weighted by atomic mass is 10.2. The minimum atomic E-state index is -0.801. The first kappa shape index (κ1) is 21.9. The molecule has 0 aliphatic carbocycles. The van der Waals surface area contributed by atoms with Gasteiger partial charge in [0.2, 0.25) is 16.3 Å². The molecule has 32 heavy (non-hydrogen) atoms. The number of nitrogens with zero attached hydrogens (tertiary/aromatic N) is 2. The molecule has 0 unspecified atom stereocenters. The first-order valence-corrected chi connectivity index (χ1v) is 11.6. The average molecular weight is 490 g/mol. The predicted octanol–water partition coefficient (Wildman–Crippen LogP) is 4.46. The molecule has 1 N–H and O–H groups in total. The Morgan fingerprint density at radius 1 is 1.19 bits per heavy atom. The molecule has 0 atom stereocenters. The van der Waals surface area contributed by atoms with Gasteiger partial charge in [-0.3, -0.25) is 14.9 Å². The Kier molecular flexibility index (Phi) is 6.73. The minimum absolute atomic E-state index is 0.101. The van der Waals surface area contributed by atoms with Crippen molar-refractivity contribution in [3.05, 3.63) is 86.3 Å². The van der Waals surface area contributed by atoms with E-state index in [2.05, 4.69) is 15.5 Å². The molecular formula is C20H12FN3O5S3.